The van der Waals surface area contributed by atoms with Crippen molar-refractivity contribution < 1.29 is 14.3 Å². The van der Waals surface area contributed by atoms with Crippen LogP contribution in [0.2, 0.25) is 0 Å². The number of benzene rings is 1. The smallest absolute Gasteiger partial charge is 0.223 e. The van der Waals surface area contributed by atoms with E-state index in [0.29, 0.717) is 30.4 Å². The van der Waals surface area contributed by atoms with E-state index in [1.54, 1.807) is 4.90 Å². The summed E-state index contributed by atoms with van der Waals surface area (Å²) >= 11 is 0. The summed E-state index contributed by atoms with van der Waals surface area (Å²) in [5.41, 5.74) is 0.699. The average Bonchev–Trinajstić information content (AvgIpc) is 2.46. The minimum atomic E-state index is -0.110. The van der Waals surface area contributed by atoms with Crippen LogP contribution in [0.4, 0.5) is 5.69 Å². The molecule has 0 unspecified atom stereocenters. The van der Waals surface area contributed by atoms with Gasteiger partial charge in [-0.3, -0.25) is 9.59 Å². The van der Waals surface area contributed by atoms with Crippen molar-refractivity contribution in [2.45, 2.75) is 47.1 Å². The van der Waals surface area contributed by atoms with E-state index in [2.05, 4.69) is 5.32 Å². The molecule has 5 heteroatoms. The first kappa shape index (κ1) is 19.0. The van der Waals surface area contributed by atoms with Gasteiger partial charge in [-0.15, -0.1) is 0 Å². The highest BCUT2D eigenvalue weighted by Gasteiger charge is 2.18. The molecule has 0 fully saturated rings. The Bertz CT molecular complexity index is 527. The zero-order chi connectivity index (χ0) is 17.4. The number of amides is 2. The molecule has 2 amide bonds. The minimum absolute atomic E-state index is 0.0132. The van der Waals surface area contributed by atoms with Crippen molar-refractivity contribution in [3.63, 3.8) is 0 Å². The maximum Gasteiger partial charge on any atom is 0.223 e. The summed E-state index contributed by atoms with van der Waals surface area (Å²) in [6, 6.07) is 7.40. The highest BCUT2D eigenvalue weighted by atomic mass is 16.5. The van der Waals surface area contributed by atoms with Crippen molar-refractivity contribution in [1.29, 1.82) is 0 Å². The third-order valence-electron chi connectivity index (χ3n) is 3.17. The van der Waals surface area contributed by atoms with Crippen molar-refractivity contribution in [3.8, 4) is 5.75 Å². The monoisotopic (exact) mass is 320 g/mol. The number of nitrogens with one attached hydrogen (secondary N) is 1. The molecule has 1 N–H and O–H groups in total. The normalized spacial score (nSPS) is 10.7. The first-order chi connectivity index (χ1) is 10.8. The second kappa shape index (κ2) is 9.18. The van der Waals surface area contributed by atoms with Gasteiger partial charge in [-0.2, -0.15) is 0 Å². The fourth-order valence-corrected chi connectivity index (χ4v) is 2.10. The van der Waals surface area contributed by atoms with Crippen LogP contribution < -0.4 is 15.0 Å². The number of rotatable bonds is 8. The molecule has 0 aliphatic carbocycles. The molecular formula is C18H28N2O3. The number of anilines is 1. The molecule has 23 heavy (non-hydrogen) atoms. The zero-order valence-electron chi connectivity index (χ0n) is 14.8. The second-order valence-electron chi connectivity index (χ2n) is 6.25. The van der Waals surface area contributed by atoms with Crippen molar-refractivity contribution in [2.24, 2.45) is 5.92 Å². The molecule has 128 valence electrons. The summed E-state index contributed by atoms with van der Waals surface area (Å²) in [5, 5.41) is 2.87. The van der Waals surface area contributed by atoms with Gasteiger partial charge in [-0.25, -0.2) is 0 Å². The highest BCUT2D eigenvalue weighted by molar-refractivity contribution is 5.93. The van der Waals surface area contributed by atoms with Crippen LogP contribution in [-0.4, -0.2) is 31.0 Å². The lowest BCUT2D eigenvalue weighted by molar-refractivity contribution is -0.121. The number of carbonyl (C=O) groups is 2. The summed E-state index contributed by atoms with van der Waals surface area (Å²) in [4.78, 5) is 25.5. The van der Waals surface area contributed by atoms with E-state index in [4.69, 9.17) is 4.74 Å². The van der Waals surface area contributed by atoms with Gasteiger partial charge >= 0.3 is 0 Å². The van der Waals surface area contributed by atoms with E-state index in [1.165, 1.54) is 6.92 Å². The van der Waals surface area contributed by atoms with Crippen molar-refractivity contribution in [3.05, 3.63) is 24.3 Å². The summed E-state index contributed by atoms with van der Waals surface area (Å²) in [7, 11) is 0. The van der Waals surface area contributed by atoms with Gasteiger partial charge < -0.3 is 15.0 Å². The van der Waals surface area contributed by atoms with Crippen LogP contribution in [0.3, 0.4) is 0 Å². The molecule has 1 aromatic carbocycles. The molecule has 0 saturated carbocycles. The van der Waals surface area contributed by atoms with Crippen molar-refractivity contribution >= 4 is 17.5 Å². The first-order valence-electron chi connectivity index (χ1n) is 8.11. The van der Waals surface area contributed by atoms with E-state index >= 15 is 0 Å². The largest absolute Gasteiger partial charge is 0.489 e. The van der Waals surface area contributed by atoms with Crippen molar-refractivity contribution in [1.82, 2.24) is 5.32 Å². The van der Waals surface area contributed by atoms with Gasteiger partial charge in [0.25, 0.3) is 0 Å². The predicted molar refractivity (Wildman–Crippen MR) is 92.7 cm³/mol. The lowest BCUT2D eigenvalue weighted by Crippen LogP contribution is -2.35. The fraction of sp³-hybridized carbons (Fsp3) is 0.556. The molecule has 0 atom stereocenters. The second-order valence-corrected chi connectivity index (χ2v) is 6.25. The van der Waals surface area contributed by atoms with Crippen LogP contribution in [0.15, 0.2) is 24.3 Å². The standard InChI is InChI=1S/C18H28N2O3/c1-13(2)12-19-18(22)10-11-20(15(5)21)16-8-6-7-9-17(16)23-14(3)4/h6-9,13-14H,10-12H2,1-5H3,(H,19,22). The Labute approximate surface area is 139 Å². The molecule has 0 bridgehead atoms. The van der Waals surface area contributed by atoms with Gasteiger partial charge in [0.1, 0.15) is 5.75 Å². The molecule has 1 aromatic rings. The number of para-hydroxylation sites is 2. The topological polar surface area (TPSA) is 58.6 Å². The summed E-state index contributed by atoms with van der Waals surface area (Å²) in [6.07, 6.45) is 0.279. The van der Waals surface area contributed by atoms with Crippen LogP contribution in [0.1, 0.15) is 41.0 Å². The van der Waals surface area contributed by atoms with Crippen LogP contribution in [0, 0.1) is 5.92 Å². The van der Waals surface area contributed by atoms with E-state index in [9.17, 15) is 9.59 Å². The van der Waals surface area contributed by atoms with Gasteiger partial charge in [-0.1, -0.05) is 26.0 Å². The van der Waals surface area contributed by atoms with E-state index < -0.39 is 0 Å². The minimum Gasteiger partial charge on any atom is -0.489 e. The zero-order valence-corrected chi connectivity index (χ0v) is 14.8. The van der Waals surface area contributed by atoms with Gasteiger partial charge in [0.2, 0.25) is 11.8 Å². The van der Waals surface area contributed by atoms with Gasteiger partial charge in [-0.05, 0) is 31.9 Å². The molecular weight excluding hydrogens is 292 g/mol. The summed E-state index contributed by atoms with van der Waals surface area (Å²) < 4.78 is 5.77. The van der Waals surface area contributed by atoms with Crippen LogP contribution in [0.25, 0.3) is 0 Å². The molecule has 0 aromatic heterocycles. The first-order valence-corrected chi connectivity index (χ1v) is 8.11. The Morgan fingerprint density at radius 3 is 2.39 bits per heavy atom. The summed E-state index contributed by atoms with van der Waals surface area (Å²) in [5.74, 6) is 0.900. The Morgan fingerprint density at radius 2 is 1.83 bits per heavy atom. The van der Waals surface area contributed by atoms with Crippen LogP contribution in [0.5, 0.6) is 5.75 Å². The van der Waals surface area contributed by atoms with Crippen LogP contribution >= 0.6 is 0 Å². The van der Waals surface area contributed by atoms with Gasteiger partial charge in [0, 0.05) is 26.4 Å². The molecule has 0 spiro atoms. The average molecular weight is 320 g/mol. The number of hydrogen-bond acceptors (Lipinski definition) is 3. The fourth-order valence-electron chi connectivity index (χ4n) is 2.10. The summed E-state index contributed by atoms with van der Waals surface area (Å²) in [6.45, 7) is 10.4. The maximum atomic E-state index is 12.0. The highest BCUT2D eigenvalue weighted by Crippen LogP contribution is 2.29. The lowest BCUT2D eigenvalue weighted by atomic mass is 10.2. The molecule has 0 radical (unpaired) electrons. The third-order valence-corrected chi connectivity index (χ3v) is 3.17. The maximum absolute atomic E-state index is 12.0. The van der Waals surface area contributed by atoms with Crippen molar-refractivity contribution in [2.75, 3.05) is 18.0 Å². The number of nitrogens with zero attached hydrogens (tertiary/aromatic N) is 1. The molecule has 5 nitrogen and oxygen atoms in total. The van der Waals surface area contributed by atoms with E-state index in [-0.39, 0.29) is 24.3 Å². The Morgan fingerprint density at radius 1 is 1.17 bits per heavy atom. The molecule has 0 saturated heterocycles. The lowest BCUT2D eigenvalue weighted by Gasteiger charge is -2.24. The van der Waals surface area contributed by atoms with E-state index in [1.807, 2.05) is 52.0 Å². The van der Waals surface area contributed by atoms with Gasteiger partial charge in [0.05, 0.1) is 11.8 Å². The molecule has 1 rings (SSSR count). The SMILES string of the molecule is CC(=O)N(CCC(=O)NCC(C)C)c1ccccc1OC(C)C. The Kier molecular flexibility index (Phi) is 7.59. The van der Waals surface area contributed by atoms with Crippen LogP contribution in [-0.2, 0) is 9.59 Å². The predicted octanol–water partition coefficient (Wildman–Crippen LogP) is 2.99. The molecule has 0 aliphatic heterocycles. The Balaban J connectivity index is 2.79. The third kappa shape index (κ3) is 6.72. The number of ether oxygens (including phenoxy) is 1. The van der Waals surface area contributed by atoms with Gasteiger partial charge in [0.15, 0.2) is 0 Å². The number of carbonyl (C=O) groups excluding carboxylic acids is 2. The quantitative estimate of drug-likeness (QED) is 0.801. The van der Waals surface area contributed by atoms with E-state index in [0.717, 1.165) is 0 Å². The number of hydrogen-bond donors (Lipinski definition) is 1. The molecule has 0 heterocycles. The Hall–Kier alpha value is -2.04. The molecule has 0 aliphatic rings.